The van der Waals surface area contributed by atoms with Crippen LogP contribution in [0, 0.1) is 5.41 Å². The van der Waals surface area contributed by atoms with E-state index in [1.54, 1.807) is 0 Å². The van der Waals surface area contributed by atoms with Crippen LogP contribution in [0.5, 0.6) is 0 Å². The molecular formula is C11H20N2OS. The molecule has 86 valence electrons. The lowest BCUT2D eigenvalue weighted by Gasteiger charge is -2.32. The Morgan fingerprint density at radius 1 is 1.53 bits per heavy atom. The highest BCUT2D eigenvalue weighted by atomic mass is 32.1. The van der Waals surface area contributed by atoms with Crippen molar-refractivity contribution in [1.29, 1.82) is 0 Å². The number of thiocarbonyl (C=S) groups is 1. The van der Waals surface area contributed by atoms with Gasteiger partial charge < -0.3 is 10.6 Å². The molecule has 1 aliphatic carbocycles. The highest BCUT2D eigenvalue weighted by Gasteiger charge is 2.42. The summed E-state index contributed by atoms with van der Waals surface area (Å²) in [7, 11) is 0. The SMILES string of the molecule is CCN(C(=O)C(C)(CC)C(N)=S)C1CC1. The van der Waals surface area contributed by atoms with Gasteiger partial charge in [-0.25, -0.2) is 0 Å². The molecule has 3 nitrogen and oxygen atoms in total. The molecule has 0 aromatic carbocycles. The third kappa shape index (κ3) is 2.30. The number of nitrogens with two attached hydrogens (primary N) is 1. The Kier molecular flexibility index (Phi) is 3.71. The average molecular weight is 228 g/mol. The summed E-state index contributed by atoms with van der Waals surface area (Å²) < 4.78 is 0. The summed E-state index contributed by atoms with van der Waals surface area (Å²) in [5.74, 6) is 0.0995. The number of hydrogen-bond acceptors (Lipinski definition) is 2. The molecule has 1 unspecified atom stereocenters. The summed E-state index contributed by atoms with van der Waals surface area (Å²) in [5.41, 5.74) is 5.02. The Morgan fingerprint density at radius 3 is 2.33 bits per heavy atom. The average Bonchev–Trinajstić information content (AvgIpc) is 3.01. The minimum atomic E-state index is -0.659. The molecule has 15 heavy (non-hydrogen) atoms. The maximum absolute atomic E-state index is 12.3. The number of rotatable bonds is 5. The van der Waals surface area contributed by atoms with Crippen LogP contribution < -0.4 is 5.73 Å². The van der Waals surface area contributed by atoms with E-state index in [0.717, 1.165) is 19.4 Å². The van der Waals surface area contributed by atoms with E-state index in [0.29, 0.717) is 17.5 Å². The van der Waals surface area contributed by atoms with E-state index in [4.69, 9.17) is 18.0 Å². The Bertz CT molecular complexity index is 276. The molecule has 1 aliphatic rings. The van der Waals surface area contributed by atoms with Gasteiger partial charge in [0, 0.05) is 12.6 Å². The molecule has 1 saturated carbocycles. The van der Waals surface area contributed by atoms with Crippen molar-refractivity contribution in [2.45, 2.75) is 46.1 Å². The van der Waals surface area contributed by atoms with Crippen molar-refractivity contribution in [1.82, 2.24) is 4.90 Å². The Morgan fingerprint density at radius 2 is 2.07 bits per heavy atom. The van der Waals surface area contributed by atoms with Gasteiger partial charge in [-0.3, -0.25) is 4.79 Å². The molecule has 0 bridgehead atoms. The summed E-state index contributed by atoms with van der Waals surface area (Å²) in [6, 6.07) is 0.433. The fourth-order valence-corrected chi connectivity index (χ4v) is 1.93. The smallest absolute Gasteiger partial charge is 0.235 e. The summed E-state index contributed by atoms with van der Waals surface area (Å²) in [5, 5.41) is 0. The van der Waals surface area contributed by atoms with E-state index in [2.05, 4.69) is 0 Å². The predicted molar refractivity (Wildman–Crippen MR) is 65.6 cm³/mol. The molecule has 1 atom stereocenters. The second kappa shape index (κ2) is 4.47. The number of hydrogen-bond donors (Lipinski definition) is 1. The van der Waals surface area contributed by atoms with Gasteiger partial charge in [0.05, 0.1) is 10.4 Å². The Hall–Kier alpha value is -0.640. The molecule has 0 heterocycles. The van der Waals surface area contributed by atoms with Gasteiger partial charge in [-0.2, -0.15) is 0 Å². The van der Waals surface area contributed by atoms with Crippen LogP contribution >= 0.6 is 12.2 Å². The summed E-state index contributed by atoms with van der Waals surface area (Å²) in [4.78, 5) is 14.5. The quantitative estimate of drug-likeness (QED) is 0.729. The zero-order valence-electron chi connectivity index (χ0n) is 9.75. The minimum Gasteiger partial charge on any atom is -0.392 e. The van der Waals surface area contributed by atoms with Gasteiger partial charge in [-0.15, -0.1) is 0 Å². The van der Waals surface area contributed by atoms with Crippen LogP contribution in [0.15, 0.2) is 0 Å². The van der Waals surface area contributed by atoms with E-state index >= 15 is 0 Å². The highest BCUT2D eigenvalue weighted by Crippen LogP contribution is 2.32. The lowest BCUT2D eigenvalue weighted by atomic mass is 9.85. The zero-order valence-corrected chi connectivity index (χ0v) is 10.6. The van der Waals surface area contributed by atoms with Crippen molar-refractivity contribution in [2.24, 2.45) is 11.1 Å². The van der Waals surface area contributed by atoms with Gasteiger partial charge >= 0.3 is 0 Å². The van der Waals surface area contributed by atoms with Crippen molar-refractivity contribution in [3.63, 3.8) is 0 Å². The first kappa shape index (κ1) is 12.4. The fourth-order valence-electron chi connectivity index (χ4n) is 1.70. The summed E-state index contributed by atoms with van der Waals surface area (Å²) >= 11 is 5.01. The van der Waals surface area contributed by atoms with Crippen molar-refractivity contribution in [3.05, 3.63) is 0 Å². The Balaban J connectivity index is 2.83. The molecule has 1 amide bonds. The van der Waals surface area contributed by atoms with E-state index in [9.17, 15) is 4.79 Å². The summed E-state index contributed by atoms with van der Waals surface area (Å²) in [6.07, 6.45) is 2.91. The van der Waals surface area contributed by atoms with E-state index in [1.165, 1.54) is 0 Å². The van der Waals surface area contributed by atoms with E-state index < -0.39 is 5.41 Å². The molecule has 0 saturated heterocycles. The van der Waals surface area contributed by atoms with Crippen LogP contribution in [0.25, 0.3) is 0 Å². The van der Waals surface area contributed by atoms with Crippen molar-refractivity contribution < 1.29 is 4.79 Å². The number of nitrogens with zero attached hydrogens (tertiary/aromatic N) is 1. The second-order valence-electron chi connectivity index (χ2n) is 4.37. The molecule has 1 rings (SSSR count). The van der Waals surface area contributed by atoms with Crippen molar-refractivity contribution in [3.8, 4) is 0 Å². The largest absolute Gasteiger partial charge is 0.392 e. The number of carbonyl (C=O) groups is 1. The lowest BCUT2D eigenvalue weighted by molar-refractivity contribution is -0.138. The summed E-state index contributed by atoms with van der Waals surface area (Å²) in [6.45, 7) is 6.56. The monoisotopic (exact) mass is 228 g/mol. The van der Waals surface area contributed by atoms with Crippen molar-refractivity contribution >= 4 is 23.1 Å². The van der Waals surface area contributed by atoms with Gasteiger partial charge in [-0.1, -0.05) is 19.1 Å². The topological polar surface area (TPSA) is 46.3 Å². The maximum Gasteiger partial charge on any atom is 0.235 e. The van der Waals surface area contributed by atoms with E-state index in [-0.39, 0.29) is 5.91 Å². The molecule has 0 spiro atoms. The van der Waals surface area contributed by atoms with Crippen LogP contribution in [0.4, 0.5) is 0 Å². The highest BCUT2D eigenvalue weighted by molar-refractivity contribution is 7.80. The van der Waals surface area contributed by atoms with Gasteiger partial charge in [-0.05, 0) is 33.1 Å². The minimum absolute atomic E-state index is 0.0995. The first-order chi connectivity index (χ1) is 6.97. The lowest BCUT2D eigenvalue weighted by Crippen LogP contribution is -2.49. The molecule has 1 fully saturated rings. The molecule has 0 aliphatic heterocycles. The molecule has 2 N–H and O–H groups in total. The molecular weight excluding hydrogens is 208 g/mol. The molecule has 0 aromatic heterocycles. The molecule has 0 radical (unpaired) electrons. The van der Waals surface area contributed by atoms with Crippen LogP contribution in [-0.2, 0) is 4.79 Å². The molecule has 0 aromatic rings. The third-order valence-corrected chi connectivity index (χ3v) is 3.76. The normalized spacial score (nSPS) is 19.4. The van der Waals surface area contributed by atoms with Crippen molar-refractivity contribution in [2.75, 3.05) is 6.54 Å². The van der Waals surface area contributed by atoms with E-state index in [1.807, 2.05) is 25.7 Å². The number of amides is 1. The zero-order chi connectivity index (χ0) is 11.6. The third-order valence-electron chi connectivity index (χ3n) is 3.31. The van der Waals surface area contributed by atoms with Crippen LogP contribution in [0.3, 0.4) is 0 Å². The van der Waals surface area contributed by atoms with Crippen LogP contribution in [0.1, 0.15) is 40.0 Å². The van der Waals surface area contributed by atoms with Crippen LogP contribution in [0.2, 0.25) is 0 Å². The number of carbonyl (C=O) groups excluding carboxylic acids is 1. The molecule has 4 heteroatoms. The predicted octanol–water partition coefficient (Wildman–Crippen LogP) is 1.70. The van der Waals surface area contributed by atoms with Gasteiger partial charge in [0.2, 0.25) is 5.91 Å². The maximum atomic E-state index is 12.3. The second-order valence-corrected chi connectivity index (χ2v) is 4.81. The van der Waals surface area contributed by atoms with Gasteiger partial charge in [0.25, 0.3) is 0 Å². The van der Waals surface area contributed by atoms with Gasteiger partial charge in [0.15, 0.2) is 0 Å². The first-order valence-corrected chi connectivity index (χ1v) is 5.99. The Labute approximate surface area is 97.0 Å². The first-order valence-electron chi connectivity index (χ1n) is 5.58. The standard InChI is InChI=1S/C11H20N2OS/c1-4-11(3,9(12)15)10(14)13(5-2)8-6-7-8/h8H,4-7H2,1-3H3,(H2,12,15). The van der Waals surface area contributed by atoms with Crippen LogP contribution in [-0.4, -0.2) is 28.4 Å². The van der Waals surface area contributed by atoms with Gasteiger partial charge in [0.1, 0.15) is 0 Å². The fraction of sp³-hybridized carbons (Fsp3) is 0.818.